The van der Waals surface area contributed by atoms with Crippen molar-refractivity contribution < 1.29 is 24.3 Å². The molecule has 1 aliphatic rings. The number of nitrogens with zero attached hydrogens (tertiary/aromatic N) is 2. The third kappa shape index (κ3) is 4.77. The molecule has 2 heterocycles. The van der Waals surface area contributed by atoms with E-state index in [-0.39, 0.29) is 24.4 Å². The fraction of sp³-hybridized carbons (Fsp3) is 0.448. The second-order valence-electron chi connectivity index (χ2n) is 11.1. The normalized spacial score (nSPS) is 17.8. The Morgan fingerprint density at radius 1 is 1.00 bits per heavy atom. The molecule has 0 aliphatic carbocycles. The van der Waals surface area contributed by atoms with Gasteiger partial charge < -0.3 is 14.7 Å². The fourth-order valence-corrected chi connectivity index (χ4v) is 5.53. The smallest absolute Gasteiger partial charge is 0.310 e. The Bertz CT molecular complexity index is 1290. The van der Waals surface area contributed by atoms with Crippen LogP contribution in [0.4, 0.5) is 0 Å². The van der Waals surface area contributed by atoms with Crippen molar-refractivity contribution in [2.75, 3.05) is 7.11 Å². The molecule has 1 N–H and O–H groups in total. The molecule has 3 aromatic rings. The van der Waals surface area contributed by atoms with Crippen LogP contribution in [0.1, 0.15) is 67.7 Å². The Hall–Kier alpha value is -3.16. The first-order valence-corrected chi connectivity index (χ1v) is 12.3. The van der Waals surface area contributed by atoms with E-state index < -0.39 is 11.1 Å². The molecular weight excluding hydrogens is 456 g/mol. The molecule has 7 nitrogen and oxygen atoms in total. The van der Waals surface area contributed by atoms with Crippen LogP contribution < -0.4 is 4.74 Å². The highest BCUT2D eigenvalue weighted by Crippen LogP contribution is 2.38. The molecule has 0 radical (unpaired) electrons. The molecule has 1 saturated heterocycles. The maximum absolute atomic E-state index is 13.5. The lowest BCUT2D eigenvalue weighted by Gasteiger charge is -2.50. The van der Waals surface area contributed by atoms with Crippen LogP contribution in [0.5, 0.6) is 5.75 Å². The summed E-state index contributed by atoms with van der Waals surface area (Å²) in [5.74, 6) is 0.141. The number of ether oxygens (including phenoxy) is 2. The summed E-state index contributed by atoms with van der Waals surface area (Å²) in [4.78, 5) is 26.7. The Kier molecular flexibility index (Phi) is 6.75. The third-order valence-electron chi connectivity index (χ3n) is 7.26. The Morgan fingerprint density at radius 2 is 1.61 bits per heavy atom. The molecule has 1 aliphatic heterocycles. The maximum Gasteiger partial charge on any atom is 0.310 e. The lowest BCUT2D eigenvalue weighted by atomic mass is 9.80. The lowest BCUT2D eigenvalue weighted by Crippen LogP contribution is -2.60. The zero-order valence-corrected chi connectivity index (χ0v) is 22.2. The van der Waals surface area contributed by atoms with Crippen LogP contribution in [-0.2, 0) is 16.0 Å². The SMILES string of the molecule is COc1ccc2c(c1)c(CC(=O)OC1CC(C)(C)N(O)C(C)(C)C1)c(C)n2C(=O)c1ccc(C)cc1. The van der Waals surface area contributed by atoms with Crippen LogP contribution in [0.3, 0.4) is 0 Å². The molecule has 0 bridgehead atoms. The van der Waals surface area contributed by atoms with E-state index in [1.807, 2.05) is 84.0 Å². The van der Waals surface area contributed by atoms with Crippen molar-refractivity contribution in [1.82, 2.24) is 9.63 Å². The number of aromatic nitrogens is 1. The van der Waals surface area contributed by atoms with Gasteiger partial charge in [-0.2, -0.15) is 5.06 Å². The van der Waals surface area contributed by atoms with Crippen LogP contribution in [0, 0.1) is 13.8 Å². The van der Waals surface area contributed by atoms with Gasteiger partial charge in [-0.15, -0.1) is 0 Å². The van der Waals surface area contributed by atoms with Crippen molar-refractivity contribution in [3.63, 3.8) is 0 Å². The van der Waals surface area contributed by atoms with E-state index in [1.165, 1.54) is 5.06 Å². The average molecular weight is 493 g/mol. The van der Waals surface area contributed by atoms with Gasteiger partial charge in [0.15, 0.2) is 0 Å². The van der Waals surface area contributed by atoms with Gasteiger partial charge in [-0.3, -0.25) is 14.2 Å². The number of carbonyl (C=O) groups excluding carboxylic acids is 2. The number of fused-ring (bicyclic) bond motifs is 1. The van der Waals surface area contributed by atoms with Gasteiger partial charge in [-0.25, -0.2) is 0 Å². The molecule has 1 fully saturated rings. The third-order valence-corrected chi connectivity index (χ3v) is 7.26. The number of rotatable bonds is 5. The van der Waals surface area contributed by atoms with Gasteiger partial charge in [0.05, 0.1) is 19.0 Å². The number of aryl methyl sites for hydroxylation is 1. The summed E-state index contributed by atoms with van der Waals surface area (Å²) in [7, 11) is 1.59. The van der Waals surface area contributed by atoms with Gasteiger partial charge in [0.25, 0.3) is 5.91 Å². The van der Waals surface area contributed by atoms with Gasteiger partial charge in [0.1, 0.15) is 11.9 Å². The second-order valence-corrected chi connectivity index (χ2v) is 11.1. The zero-order valence-electron chi connectivity index (χ0n) is 22.2. The van der Waals surface area contributed by atoms with E-state index in [9.17, 15) is 14.8 Å². The van der Waals surface area contributed by atoms with Crippen LogP contribution in [0.15, 0.2) is 42.5 Å². The Labute approximate surface area is 212 Å². The quantitative estimate of drug-likeness (QED) is 0.477. The maximum atomic E-state index is 13.5. The summed E-state index contributed by atoms with van der Waals surface area (Å²) in [6, 6.07) is 13.0. The van der Waals surface area contributed by atoms with Crippen molar-refractivity contribution in [2.24, 2.45) is 0 Å². The summed E-state index contributed by atoms with van der Waals surface area (Å²) < 4.78 is 13.0. The summed E-state index contributed by atoms with van der Waals surface area (Å²) in [5.41, 5.74) is 2.77. The second kappa shape index (κ2) is 9.37. The van der Waals surface area contributed by atoms with E-state index in [0.717, 1.165) is 22.0 Å². The van der Waals surface area contributed by atoms with Gasteiger partial charge in [0.2, 0.25) is 0 Å². The standard InChI is InChI=1S/C29H36N2O5/c1-18-8-10-20(11-9-18)27(33)30-19(2)23(24-14-21(35-7)12-13-25(24)30)15-26(32)36-22-16-28(3,4)31(34)29(5,6)17-22/h8-14,22,34H,15-17H2,1-7H3. The predicted octanol–water partition coefficient (Wildman–Crippen LogP) is 5.45. The van der Waals surface area contributed by atoms with Crippen molar-refractivity contribution >= 4 is 22.8 Å². The zero-order chi connectivity index (χ0) is 26.4. The molecule has 0 amide bonds. The van der Waals surface area contributed by atoms with Crippen molar-refractivity contribution in [1.29, 1.82) is 0 Å². The molecule has 1 aromatic heterocycles. The number of hydroxylamine groups is 2. The number of hydrogen-bond donors (Lipinski definition) is 1. The fourth-order valence-electron chi connectivity index (χ4n) is 5.53. The monoisotopic (exact) mass is 492 g/mol. The topological polar surface area (TPSA) is 81.0 Å². The number of carbonyl (C=O) groups is 2. The summed E-state index contributed by atoms with van der Waals surface area (Å²) >= 11 is 0. The number of esters is 1. The van der Waals surface area contributed by atoms with Crippen LogP contribution in [-0.4, -0.2) is 51.0 Å². The summed E-state index contributed by atoms with van der Waals surface area (Å²) in [6.45, 7) is 11.6. The molecule has 4 rings (SSSR count). The summed E-state index contributed by atoms with van der Waals surface area (Å²) in [6.07, 6.45) is 0.769. The average Bonchev–Trinajstić information content (AvgIpc) is 3.07. The number of methoxy groups -OCH3 is 1. The lowest BCUT2D eigenvalue weighted by molar-refractivity contribution is -0.259. The van der Waals surface area contributed by atoms with Gasteiger partial charge in [0, 0.05) is 40.6 Å². The molecule has 0 spiro atoms. The first kappa shape index (κ1) is 25.9. The first-order valence-electron chi connectivity index (χ1n) is 12.3. The summed E-state index contributed by atoms with van der Waals surface area (Å²) in [5, 5.41) is 12.7. The number of piperidine rings is 1. The highest BCUT2D eigenvalue weighted by atomic mass is 16.5. The molecule has 0 saturated carbocycles. The number of benzene rings is 2. The van der Waals surface area contributed by atoms with Gasteiger partial charge >= 0.3 is 5.97 Å². The van der Waals surface area contributed by atoms with E-state index in [4.69, 9.17) is 9.47 Å². The van der Waals surface area contributed by atoms with Crippen LogP contribution >= 0.6 is 0 Å². The Balaban J connectivity index is 1.67. The highest BCUT2D eigenvalue weighted by molar-refractivity contribution is 6.05. The molecule has 192 valence electrons. The van der Waals surface area contributed by atoms with Crippen molar-refractivity contribution in [3.05, 3.63) is 64.8 Å². The van der Waals surface area contributed by atoms with Crippen LogP contribution in [0.2, 0.25) is 0 Å². The van der Waals surface area contributed by atoms with E-state index in [1.54, 1.807) is 11.7 Å². The molecule has 2 aromatic carbocycles. The molecular formula is C29H36N2O5. The largest absolute Gasteiger partial charge is 0.497 e. The van der Waals surface area contributed by atoms with E-state index in [0.29, 0.717) is 29.8 Å². The molecule has 0 unspecified atom stereocenters. The van der Waals surface area contributed by atoms with Crippen molar-refractivity contribution in [2.45, 2.75) is 78.0 Å². The highest BCUT2D eigenvalue weighted by Gasteiger charge is 2.46. The molecule has 36 heavy (non-hydrogen) atoms. The minimum atomic E-state index is -0.521. The molecule has 7 heteroatoms. The van der Waals surface area contributed by atoms with Gasteiger partial charge in [-0.1, -0.05) is 17.7 Å². The Morgan fingerprint density at radius 3 is 2.19 bits per heavy atom. The molecule has 0 atom stereocenters. The first-order chi connectivity index (χ1) is 16.8. The van der Waals surface area contributed by atoms with Crippen LogP contribution in [0.25, 0.3) is 10.9 Å². The minimum absolute atomic E-state index is 0.0316. The number of hydrogen-bond acceptors (Lipinski definition) is 6. The van der Waals surface area contributed by atoms with Gasteiger partial charge in [-0.05, 0) is 77.4 Å². The van der Waals surface area contributed by atoms with E-state index in [2.05, 4.69) is 0 Å². The van der Waals surface area contributed by atoms with E-state index >= 15 is 0 Å². The minimum Gasteiger partial charge on any atom is -0.497 e. The van der Waals surface area contributed by atoms with Crippen molar-refractivity contribution in [3.8, 4) is 5.75 Å². The predicted molar refractivity (Wildman–Crippen MR) is 139 cm³/mol.